The summed E-state index contributed by atoms with van der Waals surface area (Å²) in [7, 11) is 0. The number of hydrogen-bond donors (Lipinski definition) is 1. The fraction of sp³-hybridized carbons (Fsp3) is 0.500. The molecule has 27 heavy (non-hydrogen) atoms. The summed E-state index contributed by atoms with van der Waals surface area (Å²) >= 11 is 0. The van der Waals surface area contributed by atoms with Crippen LogP contribution in [0.2, 0.25) is 0 Å². The van der Waals surface area contributed by atoms with Gasteiger partial charge in [-0.2, -0.15) is 0 Å². The summed E-state index contributed by atoms with van der Waals surface area (Å²) in [5, 5.41) is 3.17. The van der Waals surface area contributed by atoms with E-state index in [1.807, 2.05) is 24.3 Å². The molecule has 2 aliphatic rings. The van der Waals surface area contributed by atoms with Gasteiger partial charge in [0.05, 0.1) is 37.7 Å². The minimum Gasteiger partial charge on any atom is -0.380 e. The lowest BCUT2D eigenvalue weighted by molar-refractivity contribution is 0.0398. The largest absolute Gasteiger partial charge is 0.380 e. The lowest BCUT2D eigenvalue weighted by Gasteiger charge is -2.29. The minimum atomic E-state index is -0.413. The second kappa shape index (κ2) is 8.21. The molecular weight excluding hydrogens is 346 g/mol. The molecule has 0 amide bonds. The van der Waals surface area contributed by atoms with Crippen LogP contribution in [-0.2, 0) is 9.47 Å². The van der Waals surface area contributed by atoms with E-state index in [0.29, 0.717) is 17.8 Å². The average Bonchev–Trinajstić information content (AvgIpc) is 2.74. The summed E-state index contributed by atoms with van der Waals surface area (Å²) in [5.74, 6) is 0. The van der Waals surface area contributed by atoms with Crippen LogP contribution in [0.1, 0.15) is 0 Å². The highest BCUT2D eigenvalue weighted by molar-refractivity contribution is 5.82. The van der Waals surface area contributed by atoms with Gasteiger partial charge in [-0.1, -0.05) is 12.1 Å². The Balaban J connectivity index is 1.42. The van der Waals surface area contributed by atoms with Crippen LogP contribution < -0.4 is 21.1 Å². The van der Waals surface area contributed by atoms with Gasteiger partial charge in [0.2, 0.25) is 10.9 Å². The first-order valence-electron chi connectivity index (χ1n) is 9.54. The minimum absolute atomic E-state index is 0.400. The molecule has 2 fully saturated rings. The normalized spacial score (nSPS) is 18.7. The molecule has 2 saturated heterocycles. The van der Waals surface area contributed by atoms with Crippen LogP contribution in [0, 0.1) is 0 Å². The van der Waals surface area contributed by atoms with Crippen molar-refractivity contribution in [3.8, 4) is 11.1 Å². The van der Waals surface area contributed by atoms with Crippen LogP contribution in [-0.4, -0.2) is 70.6 Å². The van der Waals surface area contributed by atoms with E-state index in [-0.39, 0.29) is 0 Å². The maximum atomic E-state index is 12.1. The molecule has 0 radical (unpaired) electrons. The van der Waals surface area contributed by atoms with Crippen LogP contribution in [0.25, 0.3) is 11.1 Å². The molecule has 0 aromatic heterocycles. The molecular formula is C20H25N3O4. The number of benzene rings is 1. The second-order valence-electron chi connectivity index (χ2n) is 6.94. The third-order valence-corrected chi connectivity index (χ3v) is 5.28. The first-order valence-corrected chi connectivity index (χ1v) is 9.54. The molecule has 144 valence electrons. The summed E-state index contributed by atoms with van der Waals surface area (Å²) in [4.78, 5) is 28.7. The fourth-order valence-corrected chi connectivity index (χ4v) is 3.66. The van der Waals surface area contributed by atoms with Gasteiger partial charge in [-0.15, -0.1) is 0 Å². The lowest BCUT2D eigenvalue weighted by atomic mass is 9.98. The zero-order chi connectivity index (χ0) is 18.6. The van der Waals surface area contributed by atoms with Crippen LogP contribution >= 0.6 is 0 Å². The Morgan fingerprint density at radius 1 is 0.852 bits per heavy atom. The fourth-order valence-electron chi connectivity index (χ4n) is 3.66. The first kappa shape index (κ1) is 18.2. The number of ether oxygens (including phenoxy) is 2. The number of morpholine rings is 2. The molecule has 2 aromatic carbocycles. The molecule has 0 spiro atoms. The van der Waals surface area contributed by atoms with Crippen LogP contribution in [0.3, 0.4) is 0 Å². The summed E-state index contributed by atoms with van der Waals surface area (Å²) in [6, 6.07) is 7.87. The standard InChI is InChI=1S/C20H25N3O4/c24-19-17(15-1-3-16(4-2-15)23-9-13-27-14-10-23)18(20(19)25)21-5-6-22-7-11-26-12-8-22/h1-4,21H,5-14H2. The molecule has 0 unspecified atom stereocenters. The molecule has 7 heteroatoms. The van der Waals surface area contributed by atoms with E-state index in [4.69, 9.17) is 9.47 Å². The molecule has 0 saturated carbocycles. The predicted molar refractivity (Wildman–Crippen MR) is 106 cm³/mol. The highest BCUT2D eigenvalue weighted by Gasteiger charge is 2.22. The van der Waals surface area contributed by atoms with E-state index in [1.165, 1.54) is 0 Å². The third kappa shape index (κ3) is 3.90. The van der Waals surface area contributed by atoms with E-state index >= 15 is 0 Å². The maximum absolute atomic E-state index is 12.1. The Morgan fingerprint density at radius 2 is 1.48 bits per heavy atom. The van der Waals surface area contributed by atoms with Crippen molar-refractivity contribution in [3.05, 3.63) is 44.7 Å². The molecule has 2 aliphatic heterocycles. The van der Waals surface area contributed by atoms with E-state index < -0.39 is 10.9 Å². The second-order valence-corrected chi connectivity index (χ2v) is 6.94. The van der Waals surface area contributed by atoms with Gasteiger partial charge in [-0.3, -0.25) is 14.5 Å². The molecule has 7 nitrogen and oxygen atoms in total. The van der Waals surface area contributed by atoms with Gasteiger partial charge < -0.3 is 19.7 Å². The molecule has 1 N–H and O–H groups in total. The highest BCUT2D eigenvalue weighted by atomic mass is 16.5. The van der Waals surface area contributed by atoms with Crippen LogP contribution in [0.4, 0.5) is 11.4 Å². The van der Waals surface area contributed by atoms with Crippen molar-refractivity contribution in [2.75, 3.05) is 75.9 Å². The number of nitrogens with zero attached hydrogens (tertiary/aromatic N) is 2. The lowest BCUT2D eigenvalue weighted by Crippen LogP contribution is -2.41. The van der Waals surface area contributed by atoms with Crippen LogP contribution in [0.15, 0.2) is 33.9 Å². The van der Waals surface area contributed by atoms with E-state index in [9.17, 15) is 9.59 Å². The summed E-state index contributed by atoms with van der Waals surface area (Å²) in [6.45, 7) is 7.99. The van der Waals surface area contributed by atoms with Gasteiger partial charge in [0.1, 0.15) is 0 Å². The van der Waals surface area contributed by atoms with Crippen LogP contribution in [0.5, 0.6) is 0 Å². The van der Waals surface area contributed by atoms with Gasteiger partial charge in [0.15, 0.2) is 0 Å². The molecule has 2 aromatic rings. The van der Waals surface area contributed by atoms with Gasteiger partial charge in [0, 0.05) is 45.0 Å². The molecule has 0 bridgehead atoms. The van der Waals surface area contributed by atoms with Gasteiger partial charge in [-0.05, 0) is 17.7 Å². The van der Waals surface area contributed by atoms with E-state index in [0.717, 1.165) is 70.4 Å². The highest BCUT2D eigenvalue weighted by Crippen LogP contribution is 2.26. The molecule has 0 atom stereocenters. The van der Waals surface area contributed by atoms with Crippen molar-refractivity contribution in [2.45, 2.75) is 0 Å². The van der Waals surface area contributed by atoms with E-state index in [1.54, 1.807) is 0 Å². The van der Waals surface area contributed by atoms with Crippen molar-refractivity contribution in [3.63, 3.8) is 0 Å². The average molecular weight is 371 g/mol. The van der Waals surface area contributed by atoms with Crippen molar-refractivity contribution in [1.29, 1.82) is 0 Å². The third-order valence-electron chi connectivity index (χ3n) is 5.28. The Morgan fingerprint density at radius 3 is 2.15 bits per heavy atom. The summed E-state index contributed by atoms with van der Waals surface area (Å²) < 4.78 is 10.7. The maximum Gasteiger partial charge on any atom is 0.250 e. The Hall–Kier alpha value is -2.22. The molecule has 0 aliphatic carbocycles. The first-order chi connectivity index (χ1) is 13.2. The number of hydrogen-bond acceptors (Lipinski definition) is 7. The Bertz CT molecular complexity index is 830. The Kier molecular flexibility index (Phi) is 5.52. The summed E-state index contributed by atoms with van der Waals surface area (Å²) in [5.41, 5.74) is 2.06. The predicted octanol–water partition coefficient (Wildman–Crippen LogP) is 0.530. The van der Waals surface area contributed by atoms with E-state index in [2.05, 4.69) is 15.1 Å². The zero-order valence-corrected chi connectivity index (χ0v) is 15.4. The van der Waals surface area contributed by atoms with Crippen molar-refractivity contribution >= 4 is 11.4 Å². The topological polar surface area (TPSA) is 71.1 Å². The van der Waals surface area contributed by atoms with Crippen molar-refractivity contribution in [1.82, 2.24) is 4.90 Å². The number of anilines is 2. The van der Waals surface area contributed by atoms with Gasteiger partial charge in [0.25, 0.3) is 0 Å². The monoisotopic (exact) mass is 371 g/mol. The quantitative estimate of drug-likeness (QED) is 0.743. The SMILES string of the molecule is O=c1c(NCCN2CCOCC2)c(-c2ccc(N3CCOCC3)cc2)c1=O. The van der Waals surface area contributed by atoms with Crippen molar-refractivity contribution in [2.24, 2.45) is 0 Å². The number of rotatable bonds is 6. The molecule has 2 heterocycles. The van der Waals surface area contributed by atoms with Gasteiger partial charge in [-0.25, -0.2) is 0 Å². The van der Waals surface area contributed by atoms with Crippen molar-refractivity contribution < 1.29 is 9.47 Å². The summed E-state index contributed by atoms with van der Waals surface area (Å²) in [6.07, 6.45) is 0. The molecule has 4 rings (SSSR count). The smallest absolute Gasteiger partial charge is 0.250 e. The number of nitrogens with one attached hydrogen (secondary N) is 1. The Labute approximate surface area is 158 Å². The van der Waals surface area contributed by atoms with Gasteiger partial charge >= 0.3 is 0 Å². The zero-order valence-electron chi connectivity index (χ0n) is 15.4.